The number of benzene rings is 1. The molecule has 1 aromatic rings. The molecule has 2 rings (SSSR count). The number of aliphatic imine (C=N–C) groups is 1. The minimum atomic E-state index is -2.61. The number of carbonyl (C=O) groups excluding carboxylic acids is 1. The zero-order valence-corrected chi connectivity index (χ0v) is 9.95. The number of halogens is 2. The smallest absolute Gasteiger partial charge is 0.267 e. The maximum atomic E-state index is 12.9. The number of alkyl halides is 2. The van der Waals surface area contributed by atoms with Crippen LogP contribution >= 0.6 is 0 Å². The van der Waals surface area contributed by atoms with Gasteiger partial charge in [0, 0.05) is 0 Å². The predicted molar refractivity (Wildman–Crippen MR) is 61.6 cm³/mol. The van der Waals surface area contributed by atoms with E-state index in [0.717, 1.165) is 6.42 Å². The molecule has 0 aromatic heterocycles. The largest absolute Gasteiger partial charge is 0.496 e. The number of hydrogen-bond donors (Lipinski definition) is 0. The van der Waals surface area contributed by atoms with E-state index in [-0.39, 0.29) is 11.3 Å². The molecule has 96 valence electrons. The Labute approximate surface area is 103 Å². The molecule has 0 radical (unpaired) electrons. The van der Waals surface area contributed by atoms with Crippen LogP contribution in [0.3, 0.4) is 0 Å². The summed E-state index contributed by atoms with van der Waals surface area (Å²) in [5, 5.41) is 0. The summed E-state index contributed by atoms with van der Waals surface area (Å²) in [6, 6.07) is 4.56. The number of methoxy groups -OCH3 is 1. The van der Waals surface area contributed by atoms with Crippen molar-refractivity contribution in [2.24, 2.45) is 4.99 Å². The molecule has 1 aromatic carbocycles. The summed E-state index contributed by atoms with van der Waals surface area (Å²) in [7, 11) is 1.35. The van der Waals surface area contributed by atoms with Gasteiger partial charge in [-0.05, 0) is 37.0 Å². The van der Waals surface area contributed by atoms with Crippen LogP contribution in [0.2, 0.25) is 0 Å². The van der Waals surface area contributed by atoms with E-state index < -0.39 is 12.0 Å². The summed E-state index contributed by atoms with van der Waals surface area (Å²) in [5.41, 5.74) is -0.187. The van der Waals surface area contributed by atoms with E-state index in [4.69, 9.17) is 4.74 Å². The maximum absolute atomic E-state index is 12.9. The lowest BCUT2D eigenvalue weighted by molar-refractivity contribution is 0.146. The molecule has 0 atom stereocenters. The maximum Gasteiger partial charge on any atom is 0.267 e. The number of ether oxygens (including phenoxy) is 1. The standard InChI is InChI=1S/C13H13F2NO2/c1-18-11-4-3-9(7-10(11)12(14)15)13(16-8-17)5-2-6-13/h3-4,7,12H,2,5-6H2,1H3. The van der Waals surface area contributed by atoms with Crippen molar-refractivity contribution in [3.05, 3.63) is 29.3 Å². The average Bonchev–Trinajstić information content (AvgIpc) is 2.33. The quantitative estimate of drug-likeness (QED) is 0.609. The summed E-state index contributed by atoms with van der Waals surface area (Å²) < 4.78 is 30.7. The molecular formula is C13H13F2NO2. The first-order valence-electron chi connectivity index (χ1n) is 5.68. The van der Waals surface area contributed by atoms with Crippen LogP contribution in [0.4, 0.5) is 8.78 Å². The Morgan fingerprint density at radius 1 is 1.44 bits per heavy atom. The molecule has 0 spiro atoms. The van der Waals surface area contributed by atoms with Gasteiger partial charge in [-0.25, -0.2) is 13.6 Å². The number of rotatable bonds is 4. The Kier molecular flexibility index (Phi) is 3.43. The number of nitrogens with zero attached hydrogens (tertiary/aromatic N) is 1. The normalized spacial score (nSPS) is 16.9. The molecule has 1 fully saturated rings. The van der Waals surface area contributed by atoms with Crippen LogP contribution in [-0.2, 0) is 10.3 Å². The first-order chi connectivity index (χ1) is 8.63. The van der Waals surface area contributed by atoms with E-state index in [9.17, 15) is 13.6 Å². The minimum Gasteiger partial charge on any atom is -0.496 e. The SMILES string of the molecule is COc1ccc(C2(N=C=O)CCC2)cc1C(F)F. The van der Waals surface area contributed by atoms with Crippen molar-refractivity contribution < 1.29 is 18.3 Å². The van der Waals surface area contributed by atoms with E-state index in [2.05, 4.69) is 4.99 Å². The fourth-order valence-electron chi connectivity index (χ4n) is 2.26. The summed E-state index contributed by atoms with van der Waals surface area (Å²) in [5.74, 6) is 0.151. The molecule has 0 heterocycles. The van der Waals surface area contributed by atoms with E-state index in [1.165, 1.54) is 19.2 Å². The van der Waals surface area contributed by atoms with E-state index in [1.807, 2.05) is 0 Å². The topological polar surface area (TPSA) is 38.7 Å². The van der Waals surface area contributed by atoms with Crippen LogP contribution < -0.4 is 4.74 Å². The summed E-state index contributed by atoms with van der Waals surface area (Å²) in [6.07, 6.45) is 1.24. The van der Waals surface area contributed by atoms with Crippen molar-refractivity contribution in [1.82, 2.24) is 0 Å². The molecule has 1 aliphatic carbocycles. The third-order valence-corrected chi connectivity index (χ3v) is 3.44. The number of isocyanates is 1. The molecule has 0 N–H and O–H groups in total. The second kappa shape index (κ2) is 4.86. The minimum absolute atomic E-state index is 0.151. The molecule has 0 aliphatic heterocycles. The van der Waals surface area contributed by atoms with Crippen LogP contribution in [0.15, 0.2) is 23.2 Å². The van der Waals surface area contributed by atoms with Crippen LogP contribution in [0.1, 0.15) is 36.8 Å². The van der Waals surface area contributed by atoms with Crippen molar-refractivity contribution in [1.29, 1.82) is 0 Å². The lowest BCUT2D eigenvalue weighted by atomic mass is 9.72. The average molecular weight is 253 g/mol. The van der Waals surface area contributed by atoms with Gasteiger partial charge in [0.15, 0.2) is 0 Å². The van der Waals surface area contributed by atoms with Crippen molar-refractivity contribution in [3.8, 4) is 5.75 Å². The highest BCUT2D eigenvalue weighted by Gasteiger charge is 2.39. The second-order valence-electron chi connectivity index (χ2n) is 4.35. The highest BCUT2D eigenvalue weighted by molar-refractivity contribution is 5.44. The Balaban J connectivity index is 2.46. The second-order valence-corrected chi connectivity index (χ2v) is 4.35. The van der Waals surface area contributed by atoms with Crippen molar-refractivity contribution in [2.45, 2.75) is 31.2 Å². The lowest BCUT2D eigenvalue weighted by Gasteiger charge is -2.37. The van der Waals surface area contributed by atoms with E-state index in [0.29, 0.717) is 18.4 Å². The van der Waals surface area contributed by atoms with Gasteiger partial charge in [0.1, 0.15) is 5.75 Å². The van der Waals surface area contributed by atoms with E-state index >= 15 is 0 Å². The molecule has 3 nitrogen and oxygen atoms in total. The third-order valence-electron chi connectivity index (χ3n) is 3.44. The van der Waals surface area contributed by atoms with Gasteiger partial charge in [-0.15, -0.1) is 0 Å². The summed E-state index contributed by atoms with van der Waals surface area (Å²) in [6.45, 7) is 0. The molecule has 0 unspecified atom stereocenters. The van der Waals surface area contributed by atoms with Gasteiger partial charge < -0.3 is 4.74 Å². The van der Waals surface area contributed by atoms with Gasteiger partial charge in [-0.3, -0.25) is 0 Å². The van der Waals surface area contributed by atoms with Crippen molar-refractivity contribution in [3.63, 3.8) is 0 Å². The molecule has 1 saturated carbocycles. The fraction of sp³-hybridized carbons (Fsp3) is 0.462. The predicted octanol–water partition coefficient (Wildman–Crippen LogP) is 3.35. The van der Waals surface area contributed by atoms with Gasteiger partial charge in [-0.1, -0.05) is 6.07 Å². The van der Waals surface area contributed by atoms with Gasteiger partial charge in [0.2, 0.25) is 6.08 Å². The molecule has 1 aliphatic rings. The molecule has 0 bridgehead atoms. The van der Waals surface area contributed by atoms with Gasteiger partial charge in [0.05, 0.1) is 18.2 Å². The van der Waals surface area contributed by atoms with Gasteiger partial charge >= 0.3 is 0 Å². The molecule has 5 heteroatoms. The van der Waals surface area contributed by atoms with Crippen LogP contribution in [0, 0.1) is 0 Å². The van der Waals surface area contributed by atoms with Gasteiger partial charge in [0.25, 0.3) is 6.43 Å². The van der Waals surface area contributed by atoms with Crippen LogP contribution in [-0.4, -0.2) is 13.2 Å². The highest BCUT2D eigenvalue weighted by Crippen LogP contribution is 2.46. The third kappa shape index (κ3) is 2.02. The number of hydrogen-bond acceptors (Lipinski definition) is 3. The van der Waals surface area contributed by atoms with Gasteiger partial charge in [-0.2, -0.15) is 4.99 Å². The lowest BCUT2D eigenvalue weighted by Crippen LogP contribution is -2.32. The Bertz CT molecular complexity index is 492. The summed E-state index contributed by atoms with van der Waals surface area (Å²) in [4.78, 5) is 14.3. The van der Waals surface area contributed by atoms with Crippen LogP contribution in [0.5, 0.6) is 5.75 Å². The summed E-state index contributed by atoms with van der Waals surface area (Å²) >= 11 is 0. The molecule has 18 heavy (non-hydrogen) atoms. The van der Waals surface area contributed by atoms with Crippen molar-refractivity contribution in [2.75, 3.05) is 7.11 Å². The molecule has 0 amide bonds. The van der Waals surface area contributed by atoms with E-state index in [1.54, 1.807) is 12.1 Å². The first-order valence-corrected chi connectivity index (χ1v) is 5.68. The molecular weight excluding hydrogens is 240 g/mol. The fourth-order valence-corrected chi connectivity index (χ4v) is 2.26. The first kappa shape index (κ1) is 12.7. The monoisotopic (exact) mass is 253 g/mol. The Hall–Kier alpha value is -1.74. The zero-order valence-electron chi connectivity index (χ0n) is 9.95. The molecule has 0 saturated heterocycles. The zero-order chi connectivity index (χ0) is 13.2. The Morgan fingerprint density at radius 3 is 2.61 bits per heavy atom. The highest BCUT2D eigenvalue weighted by atomic mass is 19.3. The van der Waals surface area contributed by atoms with Crippen LogP contribution in [0.25, 0.3) is 0 Å². The Morgan fingerprint density at radius 2 is 2.17 bits per heavy atom. The van der Waals surface area contributed by atoms with Crippen molar-refractivity contribution >= 4 is 6.08 Å².